The maximum atomic E-state index is 12.3. The number of hydrogen-bond donors (Lipinski definition) is 1. The molecule has 136 valence electrons. The van der Waals surface area contributed by atoms with Crippen molar-refractivity contribution in [2.24, 2.45) is 0 Å². The zero-order valence-corrected chi connectivity index (χ0v) is 15.3. The number of nitrogens with one attached hydrogen (secondary N) is 1. The number of ether oxygens (including phenoxy) is 1. The van der Waals surface area contributed by atoms with E-state index >= 15 is 0 Å². The van der Waals surface area contributed by atoms with E-state index in [0.29, 0.717) is 26.2 Å². The molecule has 0 aliphatic heterocycles. The van der Waals surface area contributed by atoms with Crippen LogP contribution in [0.3, 0.4) is 0 Å². The van der Waals surface area contributed by atoms with Crippen molar-refractivity contribution in [2.75, 3.05) is 33.1 Å². The summed E-state index contributed by atoms with van der Waals surface area (Å²) in [7, 11) is -2.00. The zero-order valence-electron chi connectivity index (χ0n) is 14.4. The zero-order chi connectivity index (χ0) is 18.0. The quantitative estimate of drug-likeness (QED) is 0.511. The molecular formula is C16H26N2O5S. The van der Waals surface area contributed by atoms with Crippen LogP contribution in [0.2, 0.25) is 0 Å². The van der Waals surface area contributed by atoms with Crippen LogP contribution in [0.4, 0.5) is 4.79 Å². The topological polar surface area (TPSA) is 84.9 Å². The number of amides is 2. The third kappa shape index (κ3) is 8.16. The van der Waals surface area contributed by atoms with Crippen molar-refractivity contribution in [3.63, 3.8) is 0 Å². The summed E-state index contributed by atoms with van der Waals surface area (Å²) in [5.74, 6) is 0.230. The van der Waals surface area contributed by atoms with Crippen molar-refractivity contribution in [1.29, 1.82) is 0 Å². The van der Waals surface area contributed by atoms with E-state index in [4.69, 9.17) is 8.92 Å². The number of benzene rings is 1. The molecule has 0 aliphatic rings. The second-order valence-corrected chi connectivity index (χ2v) is 7.01. The first kappa shape index (κ1) is 20.2. The summed E-state index contributed by atoms with van der Waals surface area (Å²) in [4.78, 5) is 13.9. The van der Waals surface area contributed by atoms with Gasteiger partial charge in [0.15, 0.2) is 0 Å². The first-order valence-corrected chi connectivity index (χ1v) is 9.67. The Kier molecular flexibility index (Phi) is 8.56. The number of rotatable bonds is 10. The van der Waals surface area contributed by atoms with Gasteiger partial charge in [-0.25, -0.2) is 4.79 Å². The molecular weight excluding hydrogens is 332 g/mol. The Morgan fingerprint density at radius 2 is 2.08 bits per heavy atom. The molecule has 0 radical (unpaired) electrons. The van der Waals surface area contributed by atoms with Crippen LogP contribution in [0.25, 0.3) is 0 Å². The third-order valence-electron chi connectivity index (χ3n) is 3.18. The van der Waals surface area contributed by atoms with Crippen LogP contribution in [0.15, 0.2) is 24.3 Å². The minimum absolute atomic E-state index is 0.171. The van der Waals surface area contributed by atoms with E-state index in [1.807, 2.05) is 6.07 Å². The number of unbranched alkanes of at least 4 members (excludes halogenated alkanes) is 1. The van der Waals surface area contributed by atoms with Gasteiger partial charge < -0.3 is 19.1 Å². The Labute approximate surface area is 144 Å². The van der Waals surface area contributed by atoms with Gasteiger partial charge in [-0.05, 0) is 24.1 Å². The molecule has 0 saturated carbocycles. The second kappa shape index (κ2) is 10.1. The van der Waals surface area contributed by atoms with Gasteiger partial charge in [0.25, 0.3) is 0 Å². The summed E-state index contributed by atoms with van der Waals surface area (Å²) in [6, 6.07) is 6.51. The molecule has 1 aromatic carbocycles. The normalized spacial score (nSPS) is 11.1. The van der Waals surface area contributed by atoms with Crippen molar-refractivity contribution in [3.05, 3.63) is 29.8 Å². The van der Waals surface area contributed by atoms with Gasteiger partial charge in [0.05, 0.1) is 12.9 Å². The number of carbonyl (C=O) groups is 1. The summed E-state index contributed by atoms with van der Waals surface area (Å²) in [6.07, 6.45) is 2.91. The van der Waals surface area contributed by atoms with Crippen molar-refractivity contribution in [1.82, 2.24) is 10.2 Å². The second-order valence-electron chi connectivity index (χ2n) is 5.43. The number of hydrogen-bond acceptors (Lipinski definition) is 5. The largest absolute Gasteiger partial charge is 0.383 e. The predicted molar refractivity (Wildman–Crippen MR) is 92.5 cm³/mol. The molecule has 0 aliphatic carbocycles. The van der Waals surface area contributed by atoms with Crippen LogP contribution in [0, 0.1) is 0 Å². The maximum Gasteiger partial charge on any atom is 0.317 e. The lowest BCUT2D eigenvalue weighted by atomic mass is 10.2. The van der Waals surface area contributed by atoms with Crippen LogP contribution >= 0.6 is 0 Å². The fourth-order valence-electron chi connectivity index (χ4n) is 2.03. The van der Waals surface area contributed by atoms with Crippen molar-refractivity contribution < 1.29 is 22.1 Å². The Bertz CT molecular complexity index is 619. The van der Waals surface area contributed by atoms with E-state index in [0.717, 1.165) is 24.7 Å². The van der Waals surface area contributed by atoms with Crippen LogP contribution in [0.1, 0.15) is 25.3 Å². The molecule has 8 heteroatoms. The van der Waals surface area contributed by atoms with Crippen molar-refractivity contribution >= 4 is 16.1 Å². The lowest BCUT2D eigenvalue weighted by Crippen LogP contribution is -2.41. The van der Waals surface area contributed by atoms with Gasteiger partial charge in [0.2, 0.25) is 0 Å². The van der Waals surface area contributed by atoms with Gasteiger partial charge in [-0.1, -0.05) is 25.5 Å². The molecule has 1 N–H and O–H groups in total. The smallest absolute Gasteiger partial charge is 0.317 e. The van der Waals surface area contributed by atoms with Crippen LogP contribution in [0.5, 0.6) is 5.75 Å². The molecule has 0 saturated heterocycles. The molecule has 2 amide bonds. The maximum absolute atomic E-state index is 12.3. The highest BCUT2D eigenvalue weighted by Gasteiger charge is 2.14. The highest BCUT2D eigenvalue weighted by atomic mass is 32.2. The molecule has 1 aromatic rings. The Balaban J connectivity index is 2.78. The molecule has 1 rings (SSSR count). The summed E-state index contributed by atoms with van der Waals surface area (Å²) in [5.41, 5.74) is 0.776. The van der Waals surface area contributed by atoms with Crippen LogP contribution < -0.4 is 9.50 Å². The van der Waals surface area contributed by atoms with Gasteiger partial charge in [0, 0.05) is 26.7 Å². The van der Waals surface area contributed by atoms with Gasteiger partial charge >= 0.3 is 16.1 Å². The Morgan fingerprint density at radius 1 is 1.33 bits per heavy atom. The van der Waals surface area contributed by atoms with E-state index in [9.17, 15) is 13.2 Å². The molecule has 0 bridgehead atoms. The van der Waals surface area contributed by atoms with Gasteiger partial charge in [-0.2, -0.15) is 8.42 Å². The molecule has 0 unspecified atom stereocenters. The molecule has 0 atom stereocenters. The van der Waals surface area contributed by atoms with E-state index < -0.39 is 10.1 Å². The van der Waals surface area contributed by atoms with E-state index in [-0.39, 0.29) is 11.8 Å². The number of carbonyl (C=O) groups excluding carboxylic acids is 1. The Morgan fingerprint density at radius 3 is 2.71 bits per heavy atom. The highest BCUT2D eigenvalue weighted by molar-refractivity contribution is 7.86. The number of urea groups is 1. The summed E-state index contributed by atoms with van der Waals surface area (Å²) >= 11 is 0. The van der Waals surface area contributed by atoms with E-state index in [2.05, 4.69) is 12.2 Å². The standard InChI is InChI=1S/C16H26N2O5S/c1-4-5-9-17-16(19)18(10-11-22-2)13-14-7-6-8-15(12-14)23-24(3,20)21/h6-8,12H,4-5,9-11,13H2,1-3H3,(H,17,19). The van der Waals surface area contributed by atoms with Crippen molar-refractivity contribution in [3.8, 4) is 5.75 Å². The molecule has 0 fully saturated rings. The lowest BCUT2D eigenvalue weighted by Gasteiger charge is -2.23. The molecule has 0 spiro atoms. The SMILES string of the molecule is CCCCNC(=O)N(CCOC)Cc1cccc(OS(C)(=O)=O)c1. The molecule has 24 heavy (non-hydrogen) atoms. The van der Waals surface area contributed by atoms with E-state index in [1.165, 1.54) is 0 Å². The first-order valence-electron chi connectivity index (χ1n) is 7.86. The summed E-state index contributed by atoms with van der Waals surface area (Å²) in [6.45, 7) is 3.87. The average Bonchev–Trinajstić information content (AvgIpc) is 2.50. The fourth-order valence-corrected chi connectivity index (χ4v) is 2.48. The number of nitrogens with zero attached hydrogens (tertiary/aromatic N) is 1. The monoisotopic (exact) mass is 358 g/mol. The fraction of sp³-hybridized carbons (Fsp3) is 0.562. The predicted octanol–water partition coefficient (Wildman–Crippen LogP) is 1.98. The minimum atomic E-state index is -3.58. The molecule has 0 heterocycles. The molecule has 0 aromatic heterocycles. The summed E-state index contributed by atoms with van der Waals surface area (Å²) < 4.78 is 32.4. The van der Waals surface area contributed by atoms with Gasteiger partial charge in [-0.15, -0.1) is 0 Å². The molecule has 7 nitrogen and oxygen atoms in total. The van der Waals surface area contributed by atoms with Gasteiger partial charge in [0.1, 0.15) is 5.75 Å². The average molecular weight is 358 g/mol. The van der Waals surface area contributed by atoms with Crippen LogP contribution in [-0.4, -0.2) is 52.4 Å². The van der Waals surface area contributed by atoms with E-state index in [1.54, 1.807) is 30.2 Å². The van der Waals surface area contributed by atoms with Crippen molar-refractivity contribution in [2.45, 2.75) is 26.3 Å². The summed E-state index contributed by atoms with van der Waals surface area (Å²) in [5, 5.41) is 2.87. The lowest BCUT2D eigenvalue weighted by molar-refractivity contribution is 0.146. The number of methoxy groups -OCH3 is 1. The first-order chi connectivity index (χ1) is 11.4. The Hall–Kier alpha value is -1.80. The highest BCUT2D eigenvalue weighted by Crippen LogP contribution is 2.16. The third-order valence-corrected chi connectivity index (χ3v) is 3.67. The minimum Gasteiger partial charge on any atom is -0.383 e. The van der Waals surface area contributed by atoms with Gasteiger partial charge in [-0.3, -0.25) is 0 Å². The van der Waals surface area contributed by atoms with Crippen LogP contribution in [-0.2, 0) is 21.4 Å².